The van der Waals surface area contributed by atoms with Gasteiger partial charge in [-0.05, 0) is 45.1 Å². The molecular weight excluding hydrogens is 467 g/mol. The normalized spacial score (nSPS) is 10.5. The molecule has 2 heterocycles. The Morgan fingerprint density at radius 2 is 1.31 bits per heavy atom. The number of nitro benzene ring substituents is 1. The molecule has 0 aliphatic rings. The molecule has 16 heteroatoms. The molecule has 4 aromatic rings. The van der Waals surface area contributed by atoms with E-state index in [9.17, 15) is 19.7 Å². The van der Waals surface area contributed by atoms with Gasteiger partial charge in [0.15, 0.2) is 0 Å². The van der Waals surface area contributed by atoms with Gasteiger partial charge in [0.1, 0.15) is 0 Å². The summed E-state index contributed by atoms with van der Waals surface area (Å²) in [6.45, 7) is 0. The van der Waals surface area contributed by atoms with Crippen LogP contribution in [0, 0.1) is 10.1 Å². The minimum absolute atomic E-state index is 0.124. The summed E-state index contributed by atoms with van der Waals surface area (Å²) in [7, 11) is 2.92. The lowest BCUT2D eigenvalue weighted by Crippen LogP contribution is -2.22. The fourth-order valence-electron chi connectivity index (χ4n) is 2.40. The Morgan fingerprint density at radius 1 is 0.844 bits per heavy atom. The highest BCUT2D eigenvalue weighted by Gasteiger charge is 2.15. The first-order valence-electron chi connectivity index (χ1n) is 8.58. The average Bonchev–Trinajstić information content (AvgIpc) is 3.26. The van der Waals surface area contributed by atoms with Gasteiger partial charge in [0.05, 0.1) is 26.3 Å². The molecule has 0 atom stereocenters. The van der Waals surface area contributed by atoms with E-state index in [4.69, 9.17) is 28.9 Å². The van der Waals surface area contributed by atoms with Crippen LogP contribution in [0.15, 0.2) is 46.0 Å². The molecule has 0 fully saturated rings. The molecule has 0 bridgehead atoms. The Bertz CT molecular complexity index is 1420. The number of non-ortho nitro benzene ring substituents is 1. The molecule has 0 aliphatic carbocycles. The standard InChI is InChI=1S/C8H6ClN5O3.C8H8ClN5O/c1-12-8(15)13(11-10-12)7-4-5(14(16)17)2-3-6(7)9;1-13-8(15)14(12-11-13)7-4-5(10)2-3-6(7)9/h2-4H,1H3;2-4H,10H2,1H3. The van der Waals surface area contributed by atoms with Crippen molar-refractivity contribution in [3.8, 4) is 11.4 Å². The Kier molecular flexibility index (Phi) is 6.36. The van der Waals surface area contributed by atoms with Gasteiger partial charge >= 0.3 is 11.4 Å². The lowest BCUT2D eigenvalue weighted by atomic mass is 10.3. The van der Waals surface area contributed by atoms with Crippen LogP contribution < -0.4 is 17.1 Å². The van der Waals surface area contributed by atoms with Gasteiger partial charge in [-0.15, -0.1) is 0 Å². The number of halogens is 2. The van der Waals surface area contributed by atoms with Gasteiger partial charge in [-0.2, -0.15) is 18.7 Å². The number of nitrogen functional groups attached to an aromatic ring is 1. The van der Waals surface area contributed by atoms with Crippen molar-refractivity contribution < 1.29 is 4.92 Å². The van der Waals surface area contributed by atoms with Crippen LogP contribution in [0.4, 0.5) is 11.4 Å². The number of hydrogen-bond acceptors (Lipinski definition) is 9. The predicted molar refractivity (Wildman–Crippen MR) is 114 cm³/mol. The van der Waals surface area contributed by atoms with Crippen molar-refractivity contribution in [2.24, 2.45) is 14.1 Å². The SMILES string of the molecule is Cn1nnn(-c2cc(N)ccc2Cl)c1=O.Cn1nnn(-c2cc([N+](=O)[O-])ccc2Cl)c1=O. The Balaban J connectivity index is 0.000000182. The minimum Gasteiger partial charge on any atom is -0.399 e. The smallest absolute Gasteiger partial charge is 0.368 e. The third-order valence-electron chi connectivity index (χ3n) is 4.01. The highest BCUT2D eigenvalue weighted by Crippen LogP contribution is 2.23. The van der Waals surface area contributed by atoms with Crippen molar-refractivity contribution in [2.45, 2.75) is 0 Å². The highest BCUT2D eigenvalue weighted by atomic mass is 35.5. The number of nitrogens with zero attached hydrogens (tertiary/aromatic N) is 9. The zero-order valence-electron chi connectivity index (χ0n) is 16.5. The average molecular weight is 481 g/mol. The third-order valence-corrected chi connectivity index (χ3v) is 4.65. The zero-order valence-corrected chi connectivity index (χ0v) is 18.0. The Labute approximate surface area is 188 Å². The minimum atomic E-state index is -0.582. The van der Waals surface area contributed by atoms with Crippen molar-refractivity contribution in [1.82, 2.24) is 39.6 Å². The number of rotatable bonds is 3. The van der Waals surface area contributed by atoms with E-state index >= 15 is 0 Å². The van der Waals surface area contributed by atoms with E-state index < -0.39 is 10.6 Å². The molecule has 14 nitrogen and oxygen atoms in total. The van der Waals surface area contributed by atoms with Crippen LogP contribution >= 0.6 is 23.2 Å². The first-order chi connectivity index (χ1) is 15.1. The fourth-order valence-corrected chi connectivity index (χ4v) is 2.79. The van der Waals surface area contributed by atoms with Crippen molar-refractivity contribution >= 4 is 34.6 Å². The monoisotopic (exact) mass is 480 g/mol. The molecule has 166 valence electrons. The van der Waals surface area contributed by atoms with Crippen LogP contribution in [0.25, 0.3) is 11.4 Å². The number of benzene rings is 2. The summed E-state index contributed by atoms with van der Waals surface area (Å²) in [4.78, 5) is 33.1. The van der Waals surface area contributed by atoms with Gasteiger partial charge < -0.3 is 5.73 Å². The number of nitro groups is 1. The maximum Gasteiger partial charge on any atom is 0.368 e. The van der Waals surface area contributed by atoms with Gasteiger partial charge in [0.25, 0.3) is 5.69 Å². The van der Waals surface area contributed by atoms with Crippen molar-refractivity contribution in [2.75, 3.05) is 5.73 Å². The van der Waals surface area contributed by atoms with Crippen LogP contribution in [0.2, 0.25) is 10.0 Å². The quantitative estimate of drug-likeness (QED) is 0.251. The molecule has 2 aromatic carbocycles. The van der Waals surface area contributed by atoms with Crippen LogP contribution in [0.5, 0.6) is 0 Å². The first kappa shape index (κ1) is 22.6. The summed E-state index contributed by atoms with van der Waals surface area (Å²) in [6, 6.07) is 8.56. The van der Waals surface area contributed by atoms with Crippen molar-refractivity contribution in [3.05, 3.63) is 77.5 Å². The van der Waals surface area contributed by atoms with Gasteiger partial charge in [0, 0.05) is 31.9 Å². The van der Waals surface area contributed by atoms with Gasteiger partial charge in [-0.3, -0.25) is 10.1 Å². The zero-order chi connectivity index (χ0) is 23.6. The van der Waals surface area contributed by atoms with E-state index in [-0.39, 0.29) is 22.1 Å². The number of tetrazole rings is 2. The number of hydrogen-bond donors (Lipinski definition) is 1. The lowest BCUT2D eigenvalue weighted by molar-refractivity contribution is -0.384. The molecule has 2 N–H and O–H groups in total. The van der Waals surface area contributed by atoms with Gasteiger partial charge in [-0.1, -0.05) is 23.2 Å². The Morgan fingerprint density at radius 3 is 1.75 bits per heavy atom. The molecule has 0 saturated heterocycles. The molecule has 0 radical (unpaired) electrons. The molecule has 0 spiro atoms. The van der Waals surface area contributed by atoms with E-state index in [1.807, 2.05) is 0 Å². The fraction of sp³-hybridized carbons (Fsp3) is 0.125. The maximum atomic E-state index is 11.6. The number of aromatic nitrogens is 8. The second kappa shape index (κ2) is 8.99. The van der Waals surface area contributed by atoms with Gasteiger partial charge in [0.2, 0.25) is 0 Å². The Hall–Kier alpha value is -4.04. The second-order valence-corrected chi connectivity index (χ2v) is 7.01. The van der Waals surface area contributed by atoms with E-state index in [1.165, 1.54) is 32.3 Å². The largest absolute Gasteiger partial charge is 0.399 e. The topological polar surface area (TPSA) is 175 Å². The molecule has 0 aliphatic heterocycles. The van der Waals surface area contributed by atoms with Crippen LogP contribution in [-0.2, 0) is 14.1 Å². The molecule has 0 unspecified atom stereocenters. The van der Waals surface area contributed by atoms with Crippen LogP contribution in [-0.4, -0.2) is 44.5 Å². The summed E-state index contributed by atoms with van der Waals surface area (Å²) in [5.74, 6) is 0. The van der Waals surface area contributed by atoms with E-state index in [2.05, 4.69) is 20.9 Å². The summed E-state index contributed by atoms with van der Waals surface area (Å²) in [5.41, 5.74) is 5.56. The third kappa shape index (κ3) is 4.50. The lowest BCUT2D eigenvalue weighted by Gasteiger charge is -2.02. The second-order valence-electron chi connectivity index (χ2n) is 6.20. The van der Waals surface area contributed by atoms with Crippen molar-refractivity contribution in [3.63, 3.8) is 0 Å². The van der Waals surface area contributed by atoms with E-state index in [1.54, 1.807) is 18.2 Å². The molecular formula is C16H14Cl2N10O4. The number of anilines is 1. The summed E-state index contributed by atoms with van der Waals surface area (Å²) in [5, 5.41) is 25.5. The predicted octanol–water partition coefficient (Wildman–Crippen LogP) is 0.729. The molecule has 2 aromatic heterocycles. The summed E-state index contributed by atoms with van der Waals surface area (Å²) in [6.07, 6.45) is 0. The van der Waals surface area contributed by atoms with Crippen molar-refractivity contribution in [1.29, 1.82) is 0 Å². The van der Waals surface area contributed by atoms with E-state index in [0.29, 0.717) is 16.4 Å². The highest BCUT2D eigenvalue weighted by molar-refractivity contribution is 6.32. The molecule has 0 amide bonds. The maximum absolute atomic E-state index is 11.6. The molecule has 0 saturated carbocycles. The van der Waals surface area contributed by atoms with Gasteiger partial charge in [-0.25, -0.2) is 9.59 Å². The number of nitrogens with two attached hydrogens (primary N) is 1. The van der Waals surface area contributed by atoms with Crippen LogP contribution in [0.1, 0.15) is 0 Å². The molecule has 4 rings (SSSR count). The van der Waals surface area contributed by atoms with Crippen LogP contribution in [0.3, 0.4) is 0 Å². The summed E-state index contributed by atoms with van der Waals surface area (Å²) >= 11 is 11.8. The summed E-state index contributed by atoms with van der Waals surface area (Å²) < 4.78 is 4.10. The molecule has 32 heavy (non-hydrogen) atoms. The first-order valence-corrected chi connectivity index (χ1v) is 9.33. The number of aryl methyl sites for hydroxylation is 2. The van der Waals surface area contributed by atoms with E-state index in [0.717, 1.165) is 18.7 Å².